The van der Waals surface area contributed by atoms with Crippen LogP contribution < -0.4 is 9.64 Å². The summed E-state index contributed by atoms with van der Waals surface area (Å²) in [5.74, 6) is 0.837. The zero-order valence-electron chi connectivity index (χ0n) is 25.4. The van der Waals surface area contributed by atoms with Gasteiger partial charge in [-0.2, -0.15) is 0 Å². The van der Waals surface area contributed by atoms with Gasteiger partial charge in [-0.05, 0) is 83.5 Å². The Bertz CT molecular complexity index is 2260. The van der Waals surface area contributed by atoms with Gasteiger partial charge in [-0.15, -0.1) is 0 Å². The first-order chi connectivity index (χ1) is 22.8. The van der Waals surface area contributed by atoms with E-state index in [1.54, 1.807) is 0 Å². The van der Waals surface area contributed by atoms with Crippen LogP contribution in [0.1, 0.15) is 5.56 Å². The van der Waals surface area contributed by atoms with E-state index in [1.165, 1.54) is 21.9 Å². The molecule has 1 aliphatic rings. The second kappa shape index (κ2) is 11.8. The maximum atomic E-state index is 6.13. The number of benzene rings is 6. The Hall–Kier alpha value is -6.06. The van der Waals surface area contributed by atoms with Crippen molar-refractivity contribution in [1.29, 1.82) is 0 Å². The Balaban J connectivity index is 1.35. The van der Waals surface area contributed by atoms with Gasteiger partial charge < -0.3 is 14.2 Å². The molecule has 0 spiro atoms. The predicted octanol–water partition coefficient (Wildman–Crippen LogP) is 11.1. The van der Waals surface area contributed by atoms with E-state index in [9.17, 15) is 0 Å². The number of hydrogen-bond acceptors (Lipinski definition) is 2. The summed E-state index contributed by atoms with van der Waals surface area (Å²) in [6, 6.07) is 53.4. The van der Waals surface area contributed by atoms with Gasteiger partial charge in [0.05, 0.1) is 16.7 Å². The molecule has 8 rings (SSSR count). The highest BCUT2D eigenvalue weighted by molar-refractivity contribution is 6.16. The van der Waals surface area contributed by atoms with Crippen LogP contribution in [0.25, 0.3) is 44.2 Å². The van der Waals surface area contributed by atoms with Crippen molar-refractivity contribution in [3.05, 3.63) is 188 Å². The fourth-order valence-electron chi connectivity index (χ4n) is 6.51. The number of fused-ring (bicyclic) bond motifs is 4. The van der Waals surface area contributed by atoms with Crippen molar-refractivity contribution >= 4 is 38.8 Å². The van der Waals surface area contributed by atoms with Gasteiger partial charge >= 0.3 is 0 Å². The lowest BCUT2D eigenvalue weighted by Crippen LogP contribution is -2.16. The lowest BCUT2D eigenvalue weighted by Gasteiger charge is -2.27. The van der Waals surface area contributed by atoms with Gasteiger partial charge in [0, 0.05) is 33.4 Å². The lowest BCUT2D eigenvalue weighted by molar-refractivity contribution is 0.362. The maximum Gasteiger partial charge on any atom is 0.127 e. The highest BCUT2D eigenvalue weighted by atomic mass is 16.5. The summed E-state index contributed by atoms with van der Waals surface area (Å²) in [5.41, 5.74) is 10.9. The Labute approximate surface area is 269 Å². The Morgan fingerprint density at radius 2 is 1.28 bits per heavy atom. The average molecular weight is 593 g/mol. The van der Waals surface area contributed by atoms with E-state index >= 15 is 0 Å². The van der Waals surface area contributed by atoms with Crippen LogP contribution in [0.5, 0.6) is 5.75 Å². The molecule has 1 aliphatic heterocycles. The zero-order valence-corrected chi connectivity index (χ0v) is 25.4. The summed E-state index contributed by atoms with van der Waals surface area (Å²) < 4.78 is 8.51. The van der Waals surface area contributed by atoms with E-state index in [0.29, 0.717) is 6.61 Å². The number of hydrogen-bond donors (Lipinski definition) is 0. The molecule has 6 aromatic carbocycles. The average Bonchev–Trinajstić information content (AvgIpc) is 3.49. The first kappa shape index (κ1) is 27.5. The molecule has 0 amide bonds. The minimum atomic E-state index is 0.465. The van der Waals surface area contributed by atoms with E-state index in [1.807, 2.05) is 18.2 Å². The molecule has 3 heteroatoms. The molecule has 0 unspecified atom stereocenters. The van der Waals surface area contributed by atoms with E-state index in [-0.39, 0.29) is 0 Å². The van der Waals surface area contributed by atoms with Gasteiger partial charge in [0.15, 0.2) is 0 Å². The van der Waals surface area contributed by atoms with Crippen LogP contribution in [0.4, 0.5) is 11.4 Å². The number of rotatable bonds is 5. The quantitative estimate of drug-likeness (QED) is 0.198. The van der Waals surface area contributed by atoms with Gasteiger partial charge in [-0.1, -0.05) is 110 Å². The van der Waals surface area contributed by atoms with Crippen molar-refractivity contribution in [3.8, 4) is 22.6 Å². The topological polar surface area (TPSA) is 17.4 Å². The van der Waals surface area contributed by atoms with Crippen LogP contribution >= 0.6 is 0 Å². The van der Waals surface area contributed by atoms with E-state index in [2.05, 4.69) is 168 Å². The fraction of sp³-hybridized carbons (Fsp3) is 0.0233. The van der Waals surface area contributed by atoms with Crippen molar-refractivity contribution < 1.29 is 4.74 Å². The number of ether oxygens (including phenoxy) is 1. The summed E-state index contributed by atoms with van der Waals surface area (Å²) in [7, 11) is 0. The SMILES string of the molecule is C=C1/C=C(N(c2ccccc2)c2cccc3c2c2ccccc2n3-c2ccc(-c3ccccc3)cc2)\C=C/COc2ccccc21. The highest BCUT2D eigenvalue weighted by Crippen LogP contribution is 2.43. The van der Waals surface area contributed by atoms with Crippen LogP contribution in [0.15, 0.2) is 182 Å². The van der Waals surface area contributed by atoms with Crippen molar-refractivity contribution in [2.45, 2.75) is 0 Å². The van der Waals surface area contributed by atoms with Gasteiger partial charge in [0.2, 0.25) is 0 Å². The summed E-state index contributed by atoms with van der Waals surface area (Å²) in [4.78, 5) is 2.34. The Morgan fingerprint density at radius 3 is 2.11 bits per heavy atom. The fourth-order valence-corrected chi connectivity index (χ4v) is 6.51. The summed E-state index contributed by atoms with van der Waals surface area (Å²) in [6.45, 7) is 4.95. The van der Waals surface area contributed by atoms with Gasteiger partial charge in [0.1, 0.15) is 12.4 Å². The number of nitrogens with zero attached hydrogens (tertiary/aromatic N) is 2. The van der Waals surface area contributed by atoms with Gasteiger partial charge in [-0.25, -0.2) is 0 Å². The third-order valence-corrected chi connectivity index (χ3v) is 8.60. The van der Waals surface area contributed by atoms with Crippen molar-refractivity contribution in [2.24, 2.45) is 0 Å². The molecule has 0 fully saturated rings. The largest absolute Gasteiger partial charge is 0.489 e. The van der Waals surface area contributed by atoms with Crippen molar-refractivity contribution in [1.82, 2.24) is 4.57 Å². The van der Waals surface area contributed by atoms with Crippen molar-refractivity contribution in [3.63, 3.8) is 0 Å². The monoisotopic (exact) mass is 592 g/mol. The van der Waals surface area contributed by atoms with Gasteiger partial charge in [-0.3, -0.25) is 0 Å². The summed E-state index contributed by atoms with van der Waals surface area (Å²) >= 11 is 0. The van der Waals surface area contributed by atoms with Crippen LogP contribution in [0.3, 0.4) is 0 Å². The molecular formula is C43H32N2O. The second-order valence-corrected chi connectivity index (χ2v) is 11.4. The molecule has 3 nitrogen and oxygen atoms in total. The molecular weight excluding hydrogens is 560 g/mol. The third kappa shape index (κ3) is 4.89. The van der Waals surface area contributed by atoms with E-state index in [4.69, 9.17) is 4.74 Å². The standard InChI is InChI=1S/C43H32N2O/c1-31-30-36(18-13-29-46-42-24-11-9-19-37(31)42)44(34-16-6-3-7-17-34)40-22-12-23-41-43(40)38-20-8-10-21-39(38)45(41)35-27-25-33(26-28-35)32-14-4-2-5-15-32/h2-28,30H,1,29H2/b18-13-,36-30+. The van der Waals surface area contributed by atoms with Crippen molar-refractivity contribution in [2.75, 3.05) is 11.5 Å². The molecule has 0 N–H and O–H groups in total. The smallest absolute Gasteiger partial charge is 0.127 e. The molecule has 7 aromatic rings. The molecule has 0 atom stereocenters. The number of para-hydroxylation sites is 3. The van der Waals surface area contributed by atoms with Gasteiger partial charge in [0.25, 0.3) is 0 Å². The second-order valence-electron chi connectivity index (χ2n) is 11.4. The molecule has 2 heterocycles. The normalized spacial score (nSPS) is 14.8. The molecule has 46 heavy (non-hydrogen) atoms. The first-order valence-corrected chi connectivity index (χ1v) is 15.6. The Kier molecular flexibility index (Phi) is 7.05. The number of aromatic nitrogens is 1. The number of anilines is 2. The maximum absolute atomic E-state index is 6.13. The minimum Gasteiger partial charge on any atom is -0.489 e. The van der Waals surface area contributed by atoms with Crippen LogP contribution in [0, 0.1) is 0 Å². The molecule has 220 valence electrons. The minimum absolute atomic E-state index is 0.465. The molecule has 0 radical (unpaired) electrons. The van der Waals surface area contributed by atoms with Crippen LogP contribution in [0.2, 0.25) is 0 Å². The van der Waals surface area contributed by atoms with E-state index < -0.39 is 0 Å². The molecule has 0 saturated heterocycles. The molecule has 0 bridgehead atoms. The molecule has 1 aromatic heterocycles. The number of allylic oxidation sites excluding steroid dienone is 3. The zero-order chi connectivity index (χ0) is 30.9. The van der Waals surface area contributed by atoms with E-state index in [0.717, 1.165) is 50.7 Å². The van der Waals surface area contributed by atoms with Crippen LogP contribution in [-0.4, -0.2) is 11.2 Å². The first-order valence-electron chi connectivity index (χ1n) is 15.6. The summed E-state index contributed by atoms with van der Waals surface area (Å²) in [5, 5.41) is 2.38. The summed E-state index contributed by atoms with van der Waals surface area (Å²) in [6.07, 6.45) is 6.39. The lowest BCUT2D eigenvalue weighted by atomic mass is 10.0. The highest BCUT2D eigenvalue weighted by Gasteiger charge is 2.22. The van der Waals surface area contributed by atoms with Crippen LogP contribution in [-0.2, 0) is 0 Å². The predicted molar refractivity (Wildman–Crippen MR) is 193 cm³/mol. The Morgan fingerprint density at radius 1 is 0.609 bits per heavy atom. The molecule has 0 aliphatic carbocycles. The molecule has 0 saturated carbocycles. The third-order valence-electron chi connectivity index (χ3n) is 8.60.